The van der Waals surface area contributed by atoms with Gasteiger partial charge in [0.05, 0.1) is 0 Å². The summed E-state index contributed by atoms with van der Waals surface area (Å²) in [6, 6.07) is 5.86. The van der Waals surface area contributed by atoms with E-state index in [2.05, 4.69) is 17.3 Å². The lowest BCUT2D eigenvalue weighted by atomic mass is 10.1. The van der Waals surface area contributed by atoms with Gasteiger partial charge in [0.2, 0.25) is 0 Å². The van der Waals surface area contributed by atoms with Crippen molar-refractivity contribution in [3.63, 3.8) is 0 Å². The topological polar surface area (TPSA) is 58.4 Å². The van der Waals surface area contributed by atoms with Gasteiger partial charge in [-0.05, 0) is 57.1 Å². The van der Waals surface area contributed by atoms with Crippen LogP contribution < -0.4 is 11.1 Å². The number of carbonyl (C=O) groups is 1. The molecular weight excluding hydrogens is 226 g/mol. The quantitative estimate of drug-likeness (QED) is 0.794. The number of nitrogens with one attached hydrogen (secondary N) is 1. The van der Waals surface area contributed by atoms with Crippen molar-refractivity contribution >= 4 is 11.6 Å². The molecule has 1 saturated heterocycles. The number of rotatable bonds is 3. The number of benzene rings is 1. The van der Waals surface area contributed by atoms with E-state index >= 15 is 0 Å². The number of likely N-dealkylation sites (tertiary alicyclic amines) is 1. The molecule has 0 saturated carbocycles. The highest BCUT2D eigenvalue weighted by molar-refractivity contribution is 5.96. The molecule has 2 rings (SSSR count). The average Bonchev–Trinajstić information content (AvgIpc) is 2.72. The highest BCUT2D eigenvalue weighted by atomic mass is 16.1. The van der Waals surface area contributed by atoms with Crippen molar-refractivity contribution in [3.05, 3.63) is 29.3 Å². The summed E-state index contributed by atoms with van der Waals surface area (Å²) < 4.78 is 0. The molecule has 1 amide bonds. The van der Waals surface area contributed by atoms with E-state index in [9.17, 15) is 4.79 Å². The van der Waals surface area contributed by atoms with Crippen molar-refractivity contribution in [1.82, 2.24) is 10.2 Å². The largest absolute Gasteiger partial charge is 0.399 e. The van der Waals surface area contributed by atoms with E-state index in [1.807, 2.05) is 13.0 Å². The maximum Gasteiger partial charge on any atom is 0.251 e. The van der Waals surface area contributed by atoms with E-state index in [-0.39, 0.29) is 5.91 Å². The maximum absolute atomic E-state index is 12.1. The molecule has 0 spiro atoms. The highest BCUT2D eigenvalue weighted by Gasteiger charge is 2.21. The van der Waals surface area contributed by atoms with Crippen LogP contribution in [-0.2, 0) is 0 Å². The zero-order chi connectivity index (χ0) is 13.1. The van der Waals surface area contributed by atoms with Gasteiger partial charge < -0.3 is 16.0 Å². The van der Waals surface area contributed by atoms with Gasteiger partial charge in [-0.25, -0.2) is 0 Å². The van der Waals surface area contributed by atoms with Crippen molar-refractivity contribution in [3.8, 4) is 0 Å². The van der Waals surface area contributed by atoms with Gasteiger partial charge in [0, 0.05) is 23.8 Å². The predicted molar refractivity (Wildman–Crippen MR) is 73.6 cm³/mol. The van der Waals surface area contributed by atoms with Gasteiger partial charge >= 0.3 is 0 Å². The highest BCUT2D eigenvalue weighted by Crippen LogP contribution is 2.15. The first-order chi connectivity index (χ1) is 8.58. The van der Waals surface area contributed by atoms with Crippen molar-refractivity contribution in [2.24, 2.45) is 0 Å². The third kappa shape index (κ3) is 2.82. The Hall–Kier alpha value is -1.55. The average molecular weight is 247 g/mol. The number of likely N-dealkylation sites (N-methyl/N-ethyl adjacent to an activating group) is 1. The Balaban J connectivity index is 1.95. The van der Waals surface area contributed by atoms with Crippen LogP contribution in [0.4, 0.5) is 5.69 Å². The molecule has 1 fully saturated rings. The lowest BCUT2D eigenvalue weighted by Gasteiger charge is -2.20. The first-order valence-electron chi connectivity index (χ1n) is 6.42. The van der Waals surface area contributed by atoms with Crippen LogP contribution in [0, 0.1) is 6.92 Å². The van der Waals surface area contributed by atoms with E-state index in [1.165, 1.54) is 6.42 Å². The number of nitrogens with zero attached hydrogens (tertiary/aromatic N) is 1. The molecule has 1 aliphatic rings. The summed E-state index contributed by atoms with van der Waals surface area (Å²) in [4.78, 5) is 14.4. The minimum Gasteiger partial charge on any atom is -0.399 e. The molecule has 1 aromatic rings. The van der Waals surface area contributed by atoms with Gasteiger partial charge in [0.1, 0.15) is 0 Å². The third-order valence-electron chi connectivity index (χ3n) is 3.66. The number of hydrogen-bond donors (Lipinski definition) is 2. The molecule has 1 heterocycles. The number of nitrogens with two attached hydrogens (primary N) is 1. The van der Waals surface area contributed by atoms with Crippen molar-refractivity contribution < 1.29 is 4.79 Å². The van der Waals surface area contributed by atoms with Gasteiger partial charge in [-0.1, -0.05) is 0 Å². The van der Waals surface area contributed by atoms with Crippen LogP contribution in [0.1, 0.15) is 28.8 Å². The second kappa shape index (κ2) is 5.40. The lowest BCUT2D eigenvalue weighted by molar-refractivity contribution is 0.0943. The zero-order valence-electron chi connectivity index (χ0n) is 11.1. The Morgan fingerprint density at radius 2 is 2.33 bits per heavy atom. The number of nitrogen functional groups attached to an aromatic ring is 1. The number of anilines is 1. The summed E-state index contributed by atoms with van der Waals surface area (Å²) in [6.45, 7) is 3.76. The molecular formula is C14H21N3O. The van der Waals surface area contributed by atoms with Crippen LogP contribution in [0.3, 0.4) is 0 Å². The van der Waals surface area contributed by atoms with E-state index in [1.54, 1.807) is 12.1 Å². The number of amides is 1. The Morgan fingerprint density at radius 3 is 2.94 bits per heavy atom. The van der Waals surface area contributed by atoms with Gasteiger partial charge in [-0.2, -0.15) is 0 Å². The summed E-state index contributed by atoms with van der Waals surface area (Å²) in [5.74, 6) is -0.00667. The van der Waals surface area contributed by atoms with Crippen molar-refractivity contribution in [1.29, 1.82) is 0 Å². The fourth-order valence-corrected chi connectivity index (χ4v) is 2.48. The first-order valence-corrected chi connectivity index (χ1v) is 6.42. The van der Waals surface area contributed by atoms with Crippen LogP contribution in [-0.4, -0.2) is 37.0 Å². The summed E-state index contributed by atoms with van der Waals surface area (Å²) >= 11 is 0. The smallest absolute Gasteiger partial charge is 0.251 e. The van der Waals surface area contributed by atoms with E-state index in [0.29, 0.717) is 17.3 Å². The summed E-state index contributed by atoms with van der Waals surface area (Å²) in [5.41, 5.74) is 8.01. The molecule has 0 aromatic heterocycles. The van der Waals surface area contributed by atoms with Crippen LogP contribution >= 0.6 is 0 Å². The van der Waals surface area contributed by atoms with Crippen LogP contribution in [0.25, 0.3) is 0 Å². The van der Waals surface area contributed by atoms with Crippen LogP contribution in [0.2, 0.25) is 0 Å². The zero-order valence-corrected chi connectivity index (χ0v) is 11.1. The molecule has 0 radical (unpaired) electrons. The first kappa shape index (κ1) is 12.9. The molecule has 3 N–H and O–H groups in total. The third-order valence-corrected chi connectivity index (χ3v) is 3.66. The number of carbonyl (C=O) groups excluding carboxylic acids is 1. The Kier molecular flexibility index (Phi) is 3.87. The van der Waals surface area contributed by atoms with Crippen molar-refractivity contribution in [2.75, 3.05) is 25.9 Å². The monoisotopic (exact) mass is 247 g/mol. The molecule has 1 unspecified atom stereocenters. The van der Waals surface area contributed by atoms with Crippen LogP contribution in [0.5, 0.6) is 0 Å². The van der Waals surface area contributed by atoms with E-state index in [0.717, 1.165) is 25.1 Å². The normalized spacial score (nSPS) is 20.0. The van der Waals surface area contributed by atoms with E-state index < -0.39 is 0 Å². The number of aryl methyl sites for hydroxylation is 1. The molecule has 0 bridgehead atoms. The van der Waals surface area contributed by atoms with Gasteiger partial charge in [0.15, 0.2) is 0 Å². The van der Waals surface area contributed by atoms with Gasteiger partial charge in [-0.15, -0.1) is 0 Å². The Labute approximate surface area is 108 Å². The Morgan fingerprint density at radius 1 is 1.56 bits per heavy atom. The molecule has 98 valence electrons. The molecule has 1 aromatic carbocycles. The lowest BCUT2D eigenvalue weighted by Crippen LogP contribution is -2.38. The maximum atomic E-state index is 12.1. The number of hydrogen-bond acceptors (Lipinski definition) is 3. The standard InChI is InChI=1S/C14H21N3O/c1-10-8-11(15)5-6-13(10)14(18)16-9-12-4-3-7-17(12)2/h5-6,8,12H,3-4,7,9,15H2,1-2H3,(H,16,18). The fraction of sp³-hybridized carbons (Fsp3) is 0.500. The molecule has 1 aliphatic heterocycles. The molecule has 4 nitrogen and oxygen atoms in total. The Bertz CT molecular complexity index is 445. The molecule has 0 aliphatic carbocycles. The van der Waals surface area contributed by atoms with Gasteiger partial charge in [0.25, 0.3) is 5.91 Å². The van der Waals surface area contributed by atoms with Crippen molar-refractivity contribution in [2.45, 2.75) is 25.8 Å². The second-order valence-corrected chi connectivity index (χ2v) is 5.06. The van der Waals surface area contributed by atoms with Crippen LogP contribution in [0.15, 0.2) is 18.2 Å². The minimum absolute atomic E-state index is 0.00667. The molecule has 4 heteroatoms. The SMILES string of the molecule is Cc1cc(N)ccc1C(=O)NCC1CCCN1C. The van der Waals surface area contributed by atoms with Gasteiger partial charge in [-0.3, -0.25) is 4.79 Å². The molecule has 1 atom stereocenters. The summed E-state index contributed by atoms with van der Waals surface area (Å²) in [6.07, 6.45) is 2.38. The molecule has 18 heavy (non-hydrogen) atoms. The minimum atomic E-state index is -0.00667. The fourth-order valence-electron chi connectivity index (χ4n) is 2.48. The summed E-state index contributed by atoms with van der Waals surface area (Å²) in [5, 5.41) is 3.01. The second-order valence-electron chi connectivity index (χ2n) is 5.06. The predicted octanol–water partition coefficient (Wildman–Crippen LogP) is 1.40. The summed E-state index contributed by atoms with van der Waals surface area (Å²) in [7, 11) is 2.11. The van der Waals surface area contributed by atoms with E-state index in [4.69, 9.17) is 5.73 Å².